The maximum Gasteiger partial charge on any atom is 0.278 e. The van der Waals surface area contributed by atoms with Crippen LogP contribution in [0.15, 0.2) is 22.7 Å². The summed E-state index contributed by atoms with van der Waals surface area (Å²) in [5, 5.41) is 8.77. The Hall–Kier alpha value is -1.89. The van der Waals surface area contributed by atoms with Crippen LogP contribution in [0.2, 0.25) is 0 Å². The molecule has 0 saturated heterocycles. The van der Waals surface area contributed by atoms with Crippen molar-refractivity contribution < 1.29 is 9.18 Å². The fourth-order valence-corrected chi connectivity index (χ4v) is 1.72. The van der Waals surface area contributed by atoms with E-state index in [1.54, 1.807) is 13.0 Å². The smallest absolute Gasteiger partial charge is 0.278 e. The number of nitrogen functional groups attached to an aromatic ring is 1. The fraction of sp³-hybridized carbons (Fsp3) is 0.0909. The molecule has 1 heterocycles. The van der Waals surface area contributed by atoms with Gasteiger partial charge in [-0.15, -0.1) is 0 Å². The van der Waals surface area contributed by atoms with Crippen LogP contribution in [0.1, 0.15) is 16.2 Å². The summed E-state index contributed by atoms with van der Waals surface area (Å²) in [7, 11) is 0. The number of hydrogen-bond donors (Lipinski definition) is 3. The number of aromatic nitrogens is 2. The summed E-state index contributed by atoms with van der Waals surface area (Å²) < 4.78 is 14.1. The molecule has 1 aromatic heterocycles. The topological polar surface area (TPSA) is 83.8 Å². The zero-order valence-corrected chi connectivity index (χ0v) is 11.0. The maximum absolute atomic E-state index is 13.5. The van der Waals surface area contributed by atoms with Crippen LogP contribution in [-0.2, 0) is 0 Å². The molecular weight excluding hydrogens is 303 g/mol. The van der Waals surface area contributed by atoms with Gasteiger partial charge in [0.1, 0.15) is 5.82 Å². The third kappa shape index (κ3) is 2.35. The summed E-state index contributed by atoms with van der Waals surface area (Å²) in [6.07, 6.45) is 0. The highest BCUT2D eigenvalue weighted by atomic mass is 79.9. The van der Waals surface area contributed by atoms with Crippen molar-refractivity contribution in [3.8, 4) is 0 Å². The number of nitrogens with zero attached hydrogens (tertiary/aromatic N) is 1. The van der Waals surface area contributed by atoms with E-state index in [1.807, 2.05) is 0 Å². The molecule has 0 aliphatic rings. The maximum atomic E-state index is 13.5. The lowest BCUT2D eigenvalue weighted by atomic mass is 10.2. The zero-order chi connectivity index (χ0) is 13.3. The number of H-pyrrole nitrogens is 1. The lowest BCUT2D eigenvalue weighted by Gasteiger charge is -2.05. The van der Waals surface area contributed by atoms with Gasteiger partial charge < -0.3 is 11.1 Å². The molecule has 0 spiro atoms. The van der Waals surface area contributed by atoms with Crippen molar-refractivity contribution in [1.82, 2.24) is 10.2 Å². The third-order valence-electron chi connectivity index (χ3n) is 2.39. The number of nitrogens with one attached hydrogen (secondary N) is 2. The Balaban J connectivity index is 2.24. The minimum Gasteiger partial charge on any atom is -0.395 e. The second kappa shape index (κ2) is 4.77. The Bertz CT molecular complexity index is 611. The second-order valence-electron chi connectivity index (χ2n) is 3.69. The number of benzene rings is 1. The molecule has 2 aromatic rings. The number of hydrogen-bond acceptors (Lipinski definition) is 3. The number of amides is 1. The van der Waals surface area contributed by atoms with Gasteiger partial charge in [-0.3, -0.25) is 9.89 Å². The first-order valence-electron chi connectivity index (χ1n) is 5.06. The van der Waals surface area contributed by atoms with Crippen LogP contribution in [0.3, 0.4) is 0 Å². The fourth-order valence-electron chi connectivity index (χ4n) is 1.38. The van der Waals surface area contributed by atoms with Gasteiger partial charge in [-0.05, 0) is 25.1 Å². The highest BCUT2D eigenvalue weighted by molar-refractivity contribution is 9.10. The van der Waals surface area contributed by atoms with Crippen LogP contribution in [0.5, 0.6) is 0 Å². The first kappa shape index (κ1) is 12.6. The average molecular weight is 313 g/mol. The van der Waals surface area contributed by atoms with E-state index in [-0.39, 0.29) is 17.1 Å². The molecule has 94 valence electrons. The molecule has 7 heteroatoms. The van der Waals surface area contributed by atoms with Gasteiger partial charge in [-0.2, -0.15) is 5.10 Å². The normalized spacial score (nSPS) is 10.4. The Kier molecular flexibility index (Phi) is 3.33. The van der Waals surface area contributed by atoms with Crippen molar-refractivity contribution in [2.75, 3.05) is 11.1 Å². The summed E-state index contributed by atoms with van der Waals surface area (Å²) in [5.41, 5.74) is 6.64. The van der Waals surface area contributed by atoms with Crippen LogP contribution < -0.4 is 11.1 Å². The van der Waals surface area contributed by atoms with Gasteiger partial charge in [0, 0.05) is 4.47 Å². The van der Waals surface area contributed by atoms with Gasteiger partial charge in [-0.25, -0.2) is 4.39 Å². The van der Waals surface area contributed by atoms with Gasteiger partial charge >= 0.3 is 0 Å². The highest BCUT2D eigenvalue weighted by Gasteiger charge is 2.16. The predicted molar refractivity (Wildman–Crippen MR) is 69.8 cm³/mol. The van der Waals surface area contributed by atoms with E-state index in [9.17, 15) is 9.18 Å². The molecule has 0 bridgehead atoms. The Morgan fingerprint density at radius 1 is 1.56 bits per heavy atom. The molecular formula is C11H10BrFN4O. The SMILES string of the molecule is Cc1[nH]nc(C(=O)Nc2ccc(Br)cc2F)c1N. The molecule has 1 aromatic carbocycles. The molecule has 0 saturated carbocycles. The first-order valence-corrected chi connectivity index (χ1v) is 5.85. The number of carbonyl (C=O) groups excluding carboxylic acids is 1. The number of aryl methyl sites for hydroxylation is 1. The summed E-state index contributed by atoms with van der Waals surface area (Å²) in [6, 6.07) is 4.33. The Morgan fingerprint density at radius 3 is 2.83 bits per heavy atom. The lowest BCUT2D eigenvalue weighted by molar-refractivity contribution is 0.102. The van der Waals surface area contributed by atoms with E-state index in [1.165, 1.54) is 12.1 Å². The summed E-state index contributed by atoms with van der Waals surface area (Å²) in [4.78, 5) is 11.8. The standard InChI is InChI=1S/C11H10BrFN4O/c1-5-9(14)10(17-16-5)11(18)15-8-3-2-6(12)4-7(8)13/h2-4H,14H2,1H3,(H,15,18)(H,16,17). The Morgan fingerprint density at radius 2 is 2.28 bits per heavy atom. The van der Waals surface area contributed by atoms with Gasteiger partial charge in [-0.1, -0.05) is 15.9 Å². The van der Waals surface area contributed by atoms with E-state index in [0.29, 0.717) is 10.2 Å². The Labute approximate surface area is 111 Å². The van der Waals surface area contributed by atoms with Crippen molar-refractivity contribution in [2.45, 2.75) is 6.92 Å². The molecule has 0 atom stereocenters. The van der Waals surface area contributed by atoms with E-state index in [0.717, 1.165) is 0 Å². The molecule has 0 fully saturated rings. The summed E-state index contributed by atoms with van der Waals surface area (Å²) >= 11 is 3.13. The van der Waals surface area contributed by atoms with E-state index >= 15 is 0 Å². The zero-order valence-electron chi connectivity index (χ0n) is 9.42. The highest BCUT2D eigenvalue weighted by Crippen LogP contribution is 2.21. The first-order chi connectivity index (χ1) is 8.49. The van der Waals surface area contributed by atoms with Gasteiger partial charge in [0.05, 0.1) is 17.1 Å². The van der Waals surface area contributed by atoms with Crippen LogP contribution in [0.4, 0.5) is 15.8 Å². The quantitative estimate of drug-likeness (QED) is 0.796. The van der Waals surface area contributed by atoms with E-state index in [4.69, 9.17) is 5.73 Å². The van der Waals surface area contributed by atoms with Gasteiger partial charge in [0.2, 0.25) is 0 Å². The lowest BCUT2D eigenvalue weighted by Crippen LogP contribution is -2.15. The number of aromatic amines is 1. The third-order valence-corrected chi connectivity index (χ3v) is 2.88. The van der Waals surface area contributed by atoms with Crippen LogP contribution >= 0.6 is 15.9 Å². The number of rotatable bonds is 2. The van der Waals surface area contributed by atoms with Crippen LogP contribution in [0.25, 0.3) is 0 Å². The molecule has 0 aliphatic carbocycles. The number of halogens is 2. The van der Waals surface area contributed by atoms with Crippen molar-refractivity contribution >= 4 is 33.2 Å². The molecule has 0 radical (unpaired) electrons. The van der Waals surface area contributed by atoms with Crippen molar-refractivity contribution in [3.63, 3.8) is 0 Å². The van der Waals surface area contributed by atoms with Crippen molar-refractivity contribution in [1.29, 1.82) is 0 Å². The molecule has 2 rings (SSSR count). The molecule has 0 aliphatic heterocycles. The molecule has 1 amide bonds. The number of carbonyl (C=O) groups is 1. The summed E-state index contributed by atoms with van der Waals surface area (Å²) in [6.45, 7) is 1.69. The molecule has 5 nitrogen and oxygen atoms in total. The summed E-state index contributed by atoms with van der Waals surface area (Å²) in [5.74, 6) is -1.10. The van der Waals surface area contributed by atoms with E-state index < -0.39 is 11.7 Å². The monoisotopic (exact) mass is 312 g/mol. The minimum absolute atomic E-state index is 0.0508. The van der Waals surface area contributed by atoms with Gasteiger partial charge in [0.25, 0.3) is 5.91 Å². The predicted octanol–water partition coefficient (Wildman–Crippen LogP) is 2.45. The van der Waals surface area contributed by atoms with Crippen LogP contribution in [-0.4, -0.2) is 16.1 Å². The number of nitrogens with two attached hydrogens (primary N) is 1. The van der Waals surface area contributed by atoms with Crippen molar-refractivity contribution in [2.24, 2.45) is 0 Å². The minimum atomic E-state index is -0.557. The largest absolute Gasteiger partial charge is 0.395 e. The molecule has 4 N–H and O–H groups in total. The van der Waals surface area contributed by atoms with Gasteiger partial charge in [0.15, 0.2) is 5.69 Å². The van der Waals surface area contributed by atoms with Crippen molar-refractivity contribution in [3.05, 3.63) is 39.9 Å². The second-order valence-corrected chi connectivity index (χ2v) is 4.60. The average Bonchev–Trinajstić information content (AvgIpc) is 2.64. The number of anilines is 2. The molecule has 0 unspecified atom stereocenters. The van der Waals surface area contributed by atoms with E-state index in [2.05, 4.69) is 31.4 Å². The van der Waals surface area contributed by atoms with Crippen LogP contribution in [0, 0.1) is 12.7 Å². The molecule has 18 heavy (non-hydrogen) atoms.